The van der Waals surface area contributed by atoms with E-state index in [0.717, 1.165) is 44.2 Å². The summed E-state index contributed by atoms with van der Waals surface area (Å²) in [5.74, 6) is 2.48. The average molecular weight is 418 g/mol. The lowest BCUT2D eigenvalue weighted by atomic mass is 10.1. The predicted molar refractivity (Wildman–Crippen MR) is 124 cm³/mol. The largest absolute Gasteiger partial charge is 0.497 e. The summed E-state index contributed by atoms with van der Waals surface area (Å²) in [6.07, 6.45) is 3.51. The van der Waals surface area contributed by atoms with Crippen molar-refractivity contribution in [2.24, 2.45) is 0 Å². The highest BCUT2D eigenvalue weighted by Crippen LogP contribution is 2.38. The number of thiophene rings is 1. The molecule has 0 aliphatic carbocycles. The fourth-order valence-electron chi connectivity index (χ4n) is 3.52. The summed E-state index contributed by atoms with van der Waals surface area (Å²) in [5.41, 5.74) is 3.30. The SMILES string of the molecule is C=CCN(Cc1cc(OC)ccc1OC)c1ncnc2scc(-c3ccccc3)c12. The van der Waals surface area contributed by atoms with Crippen LogP contribution in [0.4, 0.5) is 5.82 Å². The zero-order valence-corrected chi connectivity index (χ0v) is 17.9. The number of hydrogen-bond donors (Lipinski definition) is 0. The summed E-state index contributed by atoms with van der Waals surface area (Å²) in [5, 5.41) is 3.20. The Kier molecular flexibility index (Phi) is 5.95. The van der Waals surface area contributed by atoms with Gasteiger partial charge in [0, 0.05) is 29.6 Å². The molecule has 0 radical (unpaired) electrons. The highest BCUT2D eigenvalue weighted by Gasteiger charge is 2.19. The standard InChI is InChI=1S/C24H23N3O2S/c1-4-12-27(14-18-13-19(28-2)10-11-21(18)29-3)23-22-20(17-8-6-5-7-9-17)15-30-24(22)26-16-25-23/h4-11,13,15-16H,1,12,14H2,2-3H3. The monoisotopic (exact) mass is 417 g/mol. The van der Waals surface area contributed by atoms with Crippen molar-refractivity contribution in [3.05, 3.63) is 78.5 Å². The Morgan fingerprint density at radius 3 is 2.63 bits per heavy atom. The number of anilines is 1. The summed E-state index contributed by atoms with van der Waals surface area (Å²) in [6, 6.07) is 16.2. The first-order chi connectivity index (χ1) is 14.7. The number of fused-ring (bicyclic) bond motifs is 1. The zero-order valence-electron chi connectivity index (χ0n) is 17.0. The molecular weight excluding hydrogens is 394 g/mol. The van der Waals surface area contributed by atoms with E-state index in [-0.39, 0.29) is 0 Å². The summed E-state index contributed by atoms with van der Waals surface area (Å²) in [6.45, 7) is 5.19. The van der Waals surface area contributed by atoms with Crippen molar-refractivity contribution in [1.29, 1.82) is 0 Å². The molecule has 0 unspecified atom stereocenters. The number of aromatic nitrogens is 2. The van der Waals surface area contributed by atoms with Gasteiger partial charge >= 0.3 is 0 Å². The lowest BCUT2D eigenvalue weighted by Gasteiger charge is -2.24. The first kappa shape index (κ1) is 19.9. The third kappa shape index (κ3) is 3.86. The van der Waals surface area contributed by atoms with Crippen molar-refractivity contribution < 1.29 is 9.47 Å². The Morgan fingerprint density at radius 1 is 1.07 bits per heavy atom. The van der Waals surface area contributed by atoms with Gasteiger partial charge < -0.3 is 14.4 Å². The van der Waals surface area contributed by atoms with Crippen molar-refractivity contribution in [2.45, 2.75) is 6.54 Å². The van der Waals surface area contributed by atoms with Gasteiger partial charge in [-0.15, -0.1) is 17.9 Å². The topological polar surface area (TPSA) is 47.5 Å². The van der Waals surface area contributed by atoms with Crippen LogP contribution in [0.1, 0.15) is 5.56 Å². The third-order valence-corrected chi connectivity index (χ3v) is 5.82. The molecule has 2 aromatic carbocycles. The lowest BCUT2D eigenvalue weighted by Crippen LogP contribution is -2.24. The van der Waals surface area contributed by atoms with Crippen LogP contribution in [0, 0.1) is 0 Å². The van der Waals surface area contributed by atoms with E-state index in [1.54, 1.807) is 31.9 Å². The number of methoxy groups -OCH3 is 2. The maximum absolute atomic E-state index is 5.59. The smallest absolute Gasteiger partial charge is 0.141 e. The Balaban J connectivity index is 1.82. The number of benzene rings is 2. The number of rotatable bonds is 8. The average Bonchev–Trinajstić information content (AvgIpc) is 3.23. The molecule has 0 bridgehead atoms. The van der Waals surface area contributed by atoms with Gasteiger partial charge in [-0.25, -0.2) is 9.97 Å². The van der Waals surface area contributed by atoms with Crippen LogP contribution >= 0.6 is 11.3 Å². The van der Waals surface area contributed by atoms with Crippen molar-refractivity contribution in [3.8, 4) is 22.6 Å². The molecule has 30 heavy (non-hydrogen) atoms. The molecule has 152 valence electrons. The summed E-state index contributed by atoms with van der Waals surface area (Å²) < 4.78 is 11.0. The maximum atomic E-state index is 5.59. The van der Waals surface area contributed by atoms with Crippen LogP contribution in [0.25, 0.3) is 21.3 Å². The van der Waals surface area contributed by atoms with E-state index >= 15 is 0 Å². The second-order valence-corrected chi connectivity index (χ2v) is 7.60. The van der Waals surface area contributed by atoms with Crippen molar-refractivity contribution in [3.63, 3.8) is 0 Å². The Morgan fingerprint density at radius 2 is 1.90 bits per heavy atom. The molecule has 0 amide bonds. The Bertz CT molecular complexity index is 1160. The molecule has 0 saturated carbocycles. The van der Waals surface area contributed by atoms with Gasteiger partial charge in [-0.05, 0) is 23.8 Å². The lowest BCUT2D eigenvalue weighted by molar-refractivity contribution is 0.398. The molecule has 2 aromatic heterocycles. The molecule has 0 fully saturated rings. The second kappa shape index (κ2) is 8.97. The highest BCUT2D eigenvalue weighted by atomic mass is 32.1. The summed E-state index contributed by atoms with van der Waals surface area (Å²) in [4.78, 5) is 12.3. The molecule has 4 aromatic rings. The molecule has 0 atom stereocenters. The fraction of sp³-hybridized carbons (Fsp3) is 0.167. The number of hydrogen-bond acceptors (Lipinski definition) is 6. The first-order valence-electron chi connectivity index (χ1n) is 9.59. The Hall–Kier alpha value is -3.38. The van der Waals surface area contributed by atoms with Gasteiger partial charge in [-0.2, -0.15) is 0 Å². The van der Waals surface area contributed by atoms with Crippen LogP contribution in [0.5, 0.6) is 11.5 Å². The molecule has 0 N–H and O–H groups in total. The van der Waals surface area contributed by atoms with Gasteiger partial charge in [0.25, 0.3) is 0 Å². The minimum Gasteiger partial charge on any atom is -0.497 e. The fourth-order valence-corrected chi connectivity index (χ4v) is 4.43. The number of ether oxygens (including phenoxy) is 2. The van der Waals surface area contributed by atoms with Crippen LogP contribution < -0.4 is 14.4 Å². The van der Waals surface area contributed by atoms with Gasteiger partial charge in [0.05, 0.1) is 19.6 Å². The molecule has 2 heterocycles. The molecule has 0 aliphatic heterocycles. The molecule has 0 aliphatic rings. The van der Waals surface area contributed by atoms with E-state index in [1.807, 2.05) is 42.5 Å². The Labute approximate surface area is 180 Å². The maximum Gasteiger partial charge on any atom is 0.141 e. The molecule has 6 heteroatoms. The molecule has 5 nitrogen and oxygen atoms in total. The minimum absolute atomic E-state index is 0.600. The predicted octanol–water partition coefficient (Wildman–Crippen LogP) is 5.57. The summed E-state index contributed by atoms with van der Waals surface area (Å²) in [7, 11) is 3.34. The van der Waals surface area contributed by atoms with E-state index in [9.17, 15) is 0 Å². The van der Waals surface area contributed by atoms with Gasteiger partial charge in [-0.3, -0.25) is 0 Å². The zero-order chi connectivity index (χ0) is 20.9. The molecule has 4 rings (SSSR count). The quantitative estimate of drug-likeness (QED) is 0.351. The van der Waals surface area contributed by atoms with Gasteiger partial charge in [0.2, 0.25) is 0 Å². The normalized spacial score (nSPS) is 10.7. The van der Waals surface area contributed by atoms with Crippen LogP contribution in [-0.4, -0.2) is 30.7 Å². The first-order valence-corrected chi connectivity index (χ1v) is 10.5. The van der Waals surface area contributed by atoms with E-state index in [0.29, 0.717) is 13.1 Å². The van der Waals surface area contributed by atoms with E-state index < -0.39 is 0 Å². The van der Waals surface area contributed by atoms with E-state index in [2.05, 4.69) is 39.0 Å². The van der Waals surface area contributed by atoms with Crippen molar-refractivity contribution >= 4 is 27.4 Å². The van der Waals surface area contributed by atoms with Crippen LogP contribution in [0.3, 0.4) is 0 Å². The van der Waals surface area contributed by atoms with Gasteiger partial charge in [0.1, 0.15) is 28.5 Å². The van der Waals surface area contributed by atoms with Crippen molar-refractivity contribution in [2.75, 3.05) is 25.7 Å². The van der Waals surface area contributed by atoms with Gasteiger partial charge in [-0.1, -0.05) is 36.4 Å². The van der Waals surface area contributed by atoms with E-state index in [4.69, 9.17) is 9.47 Å². The van der Waals surface area contributed by atoms with Gasteiger partial charge in [0.15, 0.2) is 0 Å². The third-order valence-electron chi connectivity index (χ3n) is 4.93. The molecular formula is C24H23N3O2S. The summed E-state index contributed by atoms with van der Waals surface area (Å²) >= 11 is 1.63. The molecule has 0 spiro atoms. The van der Waals surface area contributed by atoms with Crippen LogP contribution in [-0.2, 0) is 6.54 Å². The molecule has 0 saturated heterocycles. The van der Waals surface area contributed by atoms with Crippen molar-refractivity contribution in [1.82, 2.24) is 9.97 Å². The highest BCUT2D eigenvalue weighted by molar-refractivity contribution is 7.17. The van der Waals surface area contributed by atoms with Crippen LogP contribution in [0.2, 0.25) is 0 Å². The minimum atomic E-state index is 0.600. The second-order valence-electron chi connectivity index (χ2n) is 6.74. The van der Waals surface area contributed by atoms with E-state index in [1.165, 1.54) is 0 Å². The van der Waals surface area contributed by atoms with Crippen LogP contribution in [0.15, 0.2) is 72.9 Å². The number of nitrogens with zero attached hydrogens (tertiary/aromatic N) is 3.